The summed E-state index contributed by atoms with van der Waals surface area (Å²) < 4.78 is 18.9. The van der Waals surface area contributed by atoms with E-state index in [0.717, 1.165) is 12.8 Å². The molecule has 214 valence electrons. The van der Waals surface area contributed by atoms with Gasteiger partial charge in [-0.25, -0.2) is 0 Å². The minimum atomic E-state index is -2.03. The first-order valence-electron chi connectivity index (χ1n) is 14.1. The summed E-state index contributed by atoms with van der Waals surface area (Å²) in [6.45, 7) is 19.2. The largest absolute Gasteiger partial charge is 0.481 e. The van der Waals surface area contributed by atoms with Gasteiger partial charge in [-0.05, 0) is 71.0 Å². The minimum Gasteiger partial charge on any atom is -0.481 e. The molecule has 0 aliphatic carbocycles. The Hall–Kier alpha value is -1.28. The van der Waals surface area contributed by atoms with E-state index in [0.29, 0.717) is 19.4 Å². The summed E-state index contributed by atoms with van der Waals surface area (Å²) in [7, 11) is -2.03. The first-order chi connectivity index (χ1) is 17.1. The summed E-state index contributed by atoms with van der Waals surface area (Å²) in [6, 6.07) is 0. The number of ketones is 1. The van der Waals surface area contributed by atoms with Crippen molar-refractivity contribution < 1.29 is 28.6 Å². The highest BCUT2D eigenvalue weighted by atomic mass is 28.4. The molecule has 0 aromatic rings. The molecule has 6 nitrogen and oxygen atoms in total. The zero-order chi connectivity index (χ0) is 28.3. The van der Waals surface area contributed by atoms with Crippen LogP contribution in [0.3, 0.4) is 0 Å². The van der Waals surface area contributed by atoms with Gasteiger partial charge in [0.1, 0.15) is 5.78 Å². The number of hydrogen-bond donors (Lipinski definition) is 1. The van der Waals surface area contributed by atoms with Crippen molar-refractivity contribution >= 4 is 20.1 Å². The third-order valence-corrected chi connectivity index (χ3v) is 12.2. The van der Waals surface area contributed by atoms with Crippen molar-refractivity contribution in [2.75, 3.05) is 6.61 Å². The number of ether oxygens (including phenoxy) is 2. The second-order valence-corrected chi connectivity index (χ2v) is 17.2. The van der Waals surface area contributed by atoms with Crippen LogP contribution in [0.1, 0.15) is 99.8 Å². The van der Waals surface area contributed by atoms with Gasteiger partial charge in [-0.1, -0.05) is 64.8 Å². The smallest absolute Gasteiger partial charge is 0.303 e. The first kappa shape index (κ1) is 33.7. The third kappa shape index (κ3) is 12.4. The van der Waals surface area contributed by atoms with Crippen LogP contribution in [0.15, 0.2) is 24.3 Å². The van der Waals surface area contributed by atoms with Crippen molar-refractivity contribution in [3.63, 3.8) is 0 Å². The molecule has 1 heterocycles. The highest BCUT2D eigenvalue weighted by molar-refractivity contribution is 6.74. The molecule has 0 spiro atoms. The first-order valence-corrected chi connectivity index (χ1v) is 17.1. The Bertz CT molecular complexity index is 765. The molecule has 37 heavy (non-hydrogen) atoms. The summed E-state index contributed by atoms with van der Waals surface area (Å²) in [5, 5.41) is 9.20. The van der Waals surface area contributed by atoms with E-state index in [1.165, 1.54) is 19.3 Å². The normalized spacial score (nSPS) is 20.9. The van der Waals surface area contributed by atoms with Crippen molar-refractivity contribution in [1.29, 1.82) is 0 Å². The van der Waals surface area contributed by atoms with E-state index >= 15 is 0 Å². The Kier molecular flexibility index (Phi) is 14.0. The molecule has 0 radical (unpaired) electrons. The van der Waals surface area contributed by atoms with Crippen LogP contribution in [-0.2, 0) is 23.5 Å². The van der Waals surface area contributed by atoms with E-state index in [1.807, 2.05) is 13.8 Å². The summed E-state index contributed by atoms with van der Waals surface area (Å²) in [6.07, 6.45) is 14.8. The number of rotatable bonds is 17. The fourth-order valence-corrected chi connectivity index (χ4v) is 5.68. The van der Waals surface area contributed by atoms with E-state index < -0.39 is 20.1 Å². The van der Waals surface area contributed by atoms with Gasteiger partial charge in [0, 0.05) is 18.3 Å². The van der Waals surface area contributed by atoms with Crippen molar-refractivity contribution in [1.82, 2.24) is 0 Å². The van der Waals surface area contributed by atoms with Crippen molar-refractivity contribution in [2.24, 2.45) is 11.8 Å². The second kappa shape index (κ2) is 15.3. The lowest BCUT2D eigenvalue weighted by atomic mass is 9.81. The van der Waals surface area contributed by atoms with E-state index in [4.69, 9.17) is 19.0 Å². The lowest BCUT2D eigenvalue weighted by Crippen LogP contribution is -2.43. The topological polar surface area (TPSA) is 82.1 Å². The Labute approximate surface area is 227 Å². The fraction of sp³-hybridized carbons (Fsp3) is 0.800. The molecule has 1 saturated heterocycles. The second-order valence-electron chi connectivity index (χ2n) is 12.5. The average molecular weight is 539 g/mol. The maximum absolute atomic E-state index is 12.8. The van der Waals surface area contributed by atoms with Gasteiger partial charge in [0.2, 0.25) is 0 Å². The van der Waals surface area contributed by atoms with Crippen LogP contribution in [0.4, 0.5) is 0 Å². The molecule has 1 N–H and O–H groups in total. The summed E-state index contributed by atoms with van der Waals surface area (Å²) in [5.41, 5.74) is 0. The maximum Gasteiger partial charge on any atom is 0.303 e. The standard InChI is InChI=1S/C30H54O6Si/c1-10-11-12-13-14-15-17-24(36-37(8,9)29(3,4)5)20-21-26(27-22-34-30(6,7)35-27)25(23(2)31)18-16-19-28(32)33/h14-15,20-21,24-27H,10-13,16-19,22H2,1-9H3,(H,32,33)/b15-14-,21-20+/t24?,25-,26+,27-/m1/s1. The number of allylic oxidation sites excluding steroid dienone is 1. The number of unbranched alkanes of at least 4 members (excludes halogenated alkanes) is 3. The van der Waals surface area contributed by atoms with Crippen LogP contribution in [0.5, 0.6) is 0 Å². The SMILES string of the molecule is CCCCC/C=C\CC(/C=C/[C@@H]([C@H](CCCC(=O)O)C(C)=O)[C@H]1COC(C)(C)O1)O[Si](C)(C)C(C)(C)C. The van der Waals surface area contributed by atoms with Crippen LogP contribution in [0.2, 0.25) is 18.1 Å². The zero-order valence-electron chi connectivity index (χ0n) is 25.0. The van der Waals surface area contributed by atoms with Crippen LogP contribution in [0.25, 0.3) is 0 Å². The van der Waals surface area contributed by atoms with E-state index in [1.54, 1.807) is 6.92 Å². The van der Waals surface area contributed by atoms with Gasteiger partial charge in [0.25, 0.3) is 0 Å². The Morgan fingerprint density at radius 2 is 1.81 bits per heavy atom. The van der Waals surface area contributed by atoms with Gasteiger partial charge >= 0.3 is 5.97 Å². The summed E-state index contributed by atoms with van der Waals surface area (Å²) in [5.74, 6) is -2.06. The number of carboxylic acid groups (broad SMARTS) is 1. The summed E-state index contributed by atoms with van der Waals surface area (Å²) in [4.78, 5) is 23.9. The van der Waals surface area contributed by atoms with E-state index in [-0.39, 0.29) is 41.3 Å². The van der Waals surface area contributed by atoms with Crippen LogP contribution < -0.4 is 0 Å². The van der Waals surface area contributed by atoms with E-state index in [9.17, 15) is 9.59 Å². The number of hydrogen-bond acceptors (Lipinski definition) is 5. The van der Waals surface area contributed by atoms with Gasteiger partial charge in [0.05, 0.1) is 18.8 Å². The molecule has 7 heteroatoms. The Morgan fingerprint density at radius 3 is 2.32 bits per heavy atom. The molecule has 1 fully saturated rings. The van der Waals surface area contributed by atoms with Crippen molar-refractivity contribution in [3.8, 4) is 0 Å². The number of Topliss-reactive ketones (excluding diaryl/α,β-unsaturated/α-hetero) is 1. The average Bonchev–Trinajstić information content (AvgIpc) is 3.12. The van der Waals surface area contributed by atoms with Crippen molar-refractivity contribution in [2.45, 2.75) is 136 Å². The van der Waals surface area contributed by atoms with Crippen LogP contribution in [-0.4, -0.2) is 49.8 Å². The molecule has 0 aromatic carbocycles. The Morgan fingerprint density at radius 1 is 1.14 bits per heavy atom. The molecule has 0 aromatic heterocycles. The van der Waals surface area contributed by atoms with Crippen LogP contribution in [0, 0.1) is 11.8 Å². The number of carboxylic acids is 1. The van der Waals surface area contributed by atoms with Gasteiger partial charge in [-0.3, -0.25) is 9.59 Å². The molecule has 1 unspecified atom stereocenters. The minimum absolute atomic E-state index is 0.0472. The number of carbonyl (C=O) groups is 2. The predicted molar refractivity (Wildman–Crippen MR) is 153 cm³/mol. The van der Waals surface area contributed by atoms with Gasteiger partial charge < -0.3 is 19.0 Å². The zero-order valence-corrected chi connectivity index (χ0v) is 26.0. The number of aliphatic carboxylic acids is 1. The maximum atomic E-state index is 12.8. The lowest BCUT2D eigenvalue weighted by Gasteiger charge is -2.38. The highest BCUT2D eigenvalue weighted by Crippen LogP contribution is 2.38. The lowest BCUT2D eigenvalue weighted by molar-refractivity contribution is -0.147. The molecule has 1 rings (SSSR count). The van der Waals surface area contributed by atoms with Crippen LogP contribution >= 0.6 is 0 Å². The monoisotopic (exact) mass is 538 g/mol. The van der Waals surface area contributed by atoms with Gasteiger partial charge in [0.15, 0.2) is 14.1 Å². The highest BCUT2D eigenvalue weighted by Gasteiger charge is 2.41. The molecule has 4 atom stereocenters. The summed E-state index contributed by atoms with van der Waals surface area (Å²) >= 11 is 0. The molecule has 1 aliphatic rings. The molecule has 0 bridgehead atoms. The predicted octanol–water partition coefficient (Wildman–Crippen LogP) is 7.69. The molecule has 0 saturated carbocycles. The fourth-order valence-electron chi connectivity index (χ4n) is 4.40. The molecule has 1 aliphatic heterocycles. The Balaban J connectivity index is 3.21. The molecular weight excluding hydrogens is 484 g/mol. The number of carbonyl (C=O) groups excluding carboxylic acids is 1. The van der Waals surface area contributed by atoms with Gasteiger partial charge in [-0.15, -0.1) is 0 Å². The van der Waals surface area contributed by atoms with Gasteiger partial charge in [-0.2, -0.15) is 0 Å². The van der Waals surface area contributed by atoms with E-state index in [2.05, 4.69) is 65.1 Å². The van der Waals surface area contributed by atoms with Crippen molar-refractivity contribution in [3.05, 3.63) is 24.3 Å². The third-order valence-electron chi connectivity index (χ3n) is 7.66. The quantitative estimate of drug-likeness (QED) is 0.116. The molecule has 0 amide bonds. The molecular formula is C30H54O6Si.